The van der Waals surface area contributed by atoms with Gasteiger partial charge in [-0.15, -0.1) is 0 Å². The molecule has 1 aliphatic carbocycles. The average molecular weight is 400 g/mol. The lowest BCUT2D eigenvalue weighted by Crippen LogP contribution is -2.49. The molecule has 28 heavy (non-hydrogen) atoms. The summed E-state index contributed by atoms with van der Waals surface area (Å²) in [7, 11) is 0. The molecule has 0 bridgehead atoms. The van der Waals surface area contributed by atoms with Crippen LogP contribution in [0.2, 0.25) is 5.02 Å². The SMILES string of the molecule is O=C(NCC1(c2cccc(Cl)c2)CCOCC1)N(Cc1ccccn1)C1CC1. The summed E-state index contributed by atoms with van der Waals surface area (Å²) < 4.78 is 5.59. The van der Waals surface area contributed by atoms with E-state index in [2.05, 4.69) is 16.4 Å². The van der Waals surface area contributed by atoms with Crippen LogP contribution in [-0.2, 0) is 16.7 Å². The van der Waals surface area contributed by atoms with Crippen molar-refractivity contribution in [3.63, 3.8) is 0 Å². The highest BCUT2D eigenvalue weighted by atomic mass is 35.5. The number of urea groups is 1. The number of carbonyl (C=O) groups is 1. The number of carbonyl (C=O) groups excluding carboxylic acids is 1. The first-order valence-electron chi connectivity index (χ1n) is 9.94. The Kier molecular flexibility index (Phi) is 5.83. The standard InChI is InChI=1S/C22H26ClN3O2/c23-18-5-3-4-17(14-18)22(9-12-28-13-10-22)16-25-21(27)26(20-7-8-20)15-19-6-1-2-11-24-19/h1-6,11,14,20H,7-10,12-13,15-16H2,(H,25,27). The number of benzene rings is 1. The van der Waals surface area contributed by atoms with Gasteiger partial charge in [-0.2, -0.15) is 0 Å². The number of rotatable bonds is 6. The monoisotopic (exact) mass is 399 g/mol. The van der Waals surface area contributed by atoms with Crippen LogP contribution in [0.3, 0.4) is 0 Å². The van der Waals surface area contributed by atoms with Crippen LogP contribution in [0.5, 0.6) is 0 Å². The summed E-state index contributed by atoms with van der Waals surface area (Å²) in [6, 6.07) is 14.1. The predicted octanol–water partition coefficient (Wildman–Crippen LogP) is 4.16. The molecule has 1 saturated heterocycles. The molecule has 1 aliphatic heterocycles. The summed E-state index contributed by atoms with van der Waals surface area (Å²) in [6.45, 7) is 2.52. The Labute approximate surface area is 171 Å². The molecular formula is C22H26ClN3O2. The lowest BCUT2D eigenvalue weighted by atomic mass is 9.74. The van der Waals surface area contributed by atoms with Gasteiger partial charge in [-0.1, -0.05) is 29.8 Å². The number of nitrogens with zero attached hydrogens (tertiary/aromatic N) is 2. The zero-order valence-electron chi connectivity index (χ0n) is 15.9. The number of halogens is 1. The molecule has 0 unspecified atom stereocenters. The van der Waals surface area contributed by atoms with Gasteiger partial charge in [0.15, 0.2) is 0 Å². The van der Waals surface area contributed by atoms with E-state index < -0.39 is 0 Å². The van der Waals surface area contributed by atoms with Gasteiger partial charge in [0, 0.05) is 42.4 Å². The number of nitrogens with one attached hydrogen (secondary N) is 1. The molecule has 2 fully saturated rings. The summed E-state index contributed by atoms with van der Waals surface area (Å²) in [4.78, 5) is 19.3. The van der Waals surface area contributed by atoms with Crippen molar-refractivity contribution in [3.8, 4) is 0 Å². The van der Waals surface area contributed by atoms with Crippen LogP contribution in [0.15, 0.2) is 48.7 Å². The number of hydrogen-bond acceptors (Lipinski definition) is 3. The third-order valence-electron chi connectivity index (χ3n) is 5.77. The minimum Gasteiger partial charge on any atom is -0.381 e. The van der Waals surface area contributed by atoms with Gasteiger partial charge in [0.05, 0.1) is 12.2 Å². The third kappa shape index (κ3) is 4.47. The van der Waals surface area contributed by atoms with E-state index >= 15 is 0 Å². The third-order valence-corrected chi connectivity index (χ3v) is 6.01. The number of hydrogen-bond donors (Lipinski definition) is 1. The topological polar surface area (TPSA) is 54.5 Å². The number of ether oxygens (including phenoxy) is 1. The maximum atomic E-state index is 13.0. The molecule has 2 aliphatic rings. The molecular weight excluding hydrogens is 374 g/mol. The van der Waals surface area contributed by atoms with Gasteiger partial charge >= 0.3 is 6.03 Å². The molecule has 2 amide bonds. The average Bonchev–Trinajstić information content (AvgIpc) is 3.57. The summed E-state index contributed by atoms with van der Waals surface area (Å²) in [5.41, 5.74) is 1.95. The quantitative estimate of drug-likeness (QED) is 0.793. The lowest BCUT2D eigenvalue weighted by Gasteiger charge is -2.38. The van der Waals surface area contributed by atoms with E-state index in [0.29, 0.717) is 32.3 Å². The number of amides is 2. The number of pyridine rings is 1. The highest BCUT2D eigenvalue weighted by Crippen LogP contribution is 2.36. The summed E-state index contributed by atoms with van der Waals surface area (Å²) in [6.07, 6.45) is 5.64. The fourth-order valence-electron chi connectivity index (χ4n) is 3.91. The Morgan fingerprint density at radius 2 is 2.04 bits per heavy atom. The molecule has 0 radical (unpaired) electrons. The van der Waals surface area contributed by atoms with Crippen LogP contribution in [0, 0.1) is 0 Å². The van der Waals surface area contributed by atoms with Crippen molar-refractivity contribution in [3.05, 3.63) is 64.9 Å². The highest BCUT2D eigenvalue weighted by Gasteiger charge is 2.37. The summed E-state index contributed by atoms with van der Waals surface area (Å²) in [5.74, 6) is 0. The van der Waals surface area contributed by atoms with Gasteiger partial charge in [-0.05, 0) is 55.5 Å². The van der Waals surface area contributed by atoms with E-state index in [-0.39, 0.29) is 11.4 Å². The molecule has 1 aromatic heterocycles. The van der Waals surface area contributed by atoms with Crippen molar-refractivity contribution in [2.75, 3.05) is 19.8 Å². The van der Waals surface area contributed by atoms with Crippen LogP contribution in [-0.4, -0.2) is 41.7 Å². The summed E-state index contributed by atoms with van der Waals surface area (Å²) in [5, 5.41) is 3.94. The maximum absolute atomic E-state index is 13.0. The molecule has 2 heterocycles. The highest BCUT2D eigenvalue weighted by molar-refractivity contribution is 6.30. The zero-order chi connectivity index (χ0) is 19.4. The molecule has 1 N–H and O–H groups in total. The van der Waals surface area contributed by atoms with Gasteiger partial charge < -0.3 is 15.0 Å². The van der Waals surface area contributed by atoms with Gasteiger partial charge in [-0.25, -0.2) is 4.79 Å². The molecule has 4 rings (SSSR count). The van der Waals surface area contributed by atoms with Crippen LogP contribution in [0.25, 0.3) is 0 Å². The van der Waals surface area contributed by atoms with Crippen molar-refractivity contribution in [1.82, 2.24) is 15.2 Å². The summed E-state index contributed by atoms with van der Waals surface area (Å²) >= 11 is 6.25. The van der Waals surface area contributed by atoms with E-state index in [4.69, 9.17) is 16.3 Å². The van der Waals surface area contributed by atoms with Gasteiger partial charge in [0.1, 0.15) is 0 Å². The normalized spacial score (nSPS) is 18.5. The Morgan fingerprint density at radius 1 is 1.21 bits per heavy atom. The maximum Gasteiger partial charge on any atom is 0.318 e. The van der Waals surface area contributed by atoms with Crippen molar-refractivity contribution in [1.29, 1.82) is 0 Å². The minimum absolute atomic E-state index is 0.0129. The van der Waals surface area contributed by atoms with Crippen LogP contribution in [0.4, 0.5) is 4.79 Å². The fraction of sp³-hybridized carbons (Fsp3) is 0.455. The molecule has 1 aromatic carbocycles. The molecule has 1 saturated carbocycles. The van der Waals surface area contributed by atoms with E-state index in [9.17, 15) is 4.79 Å². The Hall–Kier alpha value is -2.11. The van der Waals surface area contributed by atoms with Crippen molar-refractivity contribution in [2.45, 2.75) is 43.7 Å². The fourth-order valence-corrected chi connectivity index (χ4v) is 4.10. The van der Waals surface area contributed by atoms with E-state index in [1.807, 2.05) is 41.3 Å². The molecule has 5 nitrogen and oxygen atoms in total. The van der Waals surface area contributed by atoms with Gasteiger partial charge in [-0.3, -0.25) is 4.98 Å². The second kappa shape index (κ2) is 8.50. The van der Waals surface area contributed by atoms with Gasteiger partial charge in [0.25, 0.3) is 0 Å². The van der Waals surface area contributed by atoms with Crippen LogP contribution in [0.1, 0.15) is 36.9 Å². The first-order valence-corrected chi connectivity index (χ1v) is 10.3. The van der Waals surface area contributed by atoms with E-state index in [0.717, 1.165) is 36.4 Å². The van der Waals surface area contributed by atoms with E-state index in [1.165, 1.54) is 5.56 Å². The largest absolute Gasteiger partial charge is 0.381 e. The molecule has 148 valence electrons. The second-order valence-electron chi connectivity index (χ2n) is 7.74. The van der Waals surface area contributed by atoms with Crippen molar-refractivity contribution in [2.24, 2.45) is 0 Å². The molecule has 0 atom stereocenters. The molecule has 2 aromatic rings. The van der Waals surface area contributed by atoms with Gasteiger partial charge in [0.2, 0.25) is 0 Å². The zero-order valence-corrected chi connectivity index (χ0v) is 16.7. The van der Waals surface area contributed by atoms with Crippen molar-refractivity contribution < 1.29 is 9.53 Å². The number of aromatic nitrogens is 1. The van der Waals surface area contributed by atoms with E-state index in [1.54, 1.807) is 6.20 Å². The van der Waals surface area contributed by atoms with Crippen LogP contribution < -0.4 is 5.32 Å². The lowest BCUT2D eigenvalue weighted by molar-refractivity contribution is 0.0500. The molecule has 6 heteroatoms. The Balaban J connectivity index is 1.47. The first kappa shape index (κ1) is 19.2. The van der Waals surface area contributed by atoms with Crippen LogP contribution >= 0.6 is 11.6 Å². The Bertz CT molecular complexity index is 804. The minimum atomic E-state index is -0.140. The van der Waals surface area contributed by atoms with Crippen molar-refractivity contribution >= 4 is 17.6 Å². The first-order chi connectivity index (χ1) is 13.7. The second-order valence-corrected chi connectivity index (χ2v) is 8.18. The predicted molar refractivity (Wildman–Crippen MR) is 109 cm³/mol. The smallest absolute Gasteiger partial charge is 0.318 e. The molecule has 0 spiro atoms. The Morgan fingerprint density at radius 3 is 2.71 bits per heavy atom.